The first kappa shape index (κ1) is 13.3. The van der Waals surface area contributed by atoms with Gasteiger partial charge in [0, 0.05) is 17.3 Å². The van der Waals surface area contributed by atoms with E-state index in [0.717, 1.165) is 12.1 Å². The molecule has 0 saturated carbocycles. The maximum absolute atomic E-state index is 12.5. The Hall–Kier alpha value is -2.70. The fourth-order valence-electron chi connectivity index (χ4n) is 1.90. The number of carbonyl (C=O) groups excluding carboxylic acids is 1. The first-order valence-electron chi connectivity index (χ1n) is 5.96. The summed E-state index contributed by atoms with van der Waals surface area (Å²) in [6, 6.07) is 7.81. The molecule has 2 aromatic heterocycles. The van der Waals surface area contributed by atoms with Crippen molar-refractivity contribution < 1.29 is 18.0 Å². The van der Waals surface area contributed by atoms with Crippen LogP contribution < -0.4 is 0 Å². The summed E-state index contributed by atoms with van der Waals surface area (Å²) in [5.41, 5.74) is 0.694. The van der Waals surface area contributed by atoms with E-state index in [1.807, 2.05) is 0 Å². The lowest BCUT2D eigenvalue weighted by Gasteiger charge is -2.05. The standard InChI is InChI=1S/C14H8F3N3O/c15-14(16,17)11-4-2-10(3-5-11)13-18-12-6-1-9(8-21)7-20(12)19-13/h1-8H. The highest BCUT2D eigenvalue weighted by Gasteiger charge is 2.30. The highest BCUT2D eigenvalue weighted by atomic mass is 19.4. The molecule has 7 heteroatoms. The number of nitrogens with zero attached hydrogens (tertiary/aromatic N) is 3. The number of alkyl halides is 3. The third-order valence-corrected chi connectivity index (χ3v) is 2.96. The molecule has 0 saturated heterocycles. The van der Waals surface area contributed by atoms with Crippen LogP contribution >= 0.6 is 0 Å². The van der Waals surface area contributed by atoms with Crippen molar-refractivity contribution in [2.45, 2.75) is 6.18 Å². The molecular weight excluding hydrogens is 283 g/mol. The summed E-state index contributed by atoms with van der Waals surface area (Å²) in [5.74, 6) is 0.298. The van der Waals surface area contributed by atoms with Crippen molar-refractivity contribution in [2.75, 3.05) is 0 Å². The number of pyridine rings is 1. The van der Waals surface area contributed by atoms with Gasteiger partial charge in [0.2, 0.25) is 0 Å². The van der Waals surface area contributed by atoms with Crippen molar-refractivity contribution in [1.29, 1.82) is 0 Å². The highest BCUT2D eigenvalue weighted by Crippen LogP contribution is 2.30. The Morgan fingerprint density at radius 2 is 1.76 bits per heavy atom. The lowest BCUT2D eigenvalue weighted by molar-refractivity contribution is -0.137. The summed E-state index contributed by atoms with van der Waals surface area (Å²) < 4.78 is 38.9. The second kappa shape index (κ2) is 4.69. The zero-order valence-corrected chi connectivity index (χ0v) is 10.5. The van der Waals surface area contributed by atoms with Gasteiger partial charge < -0.3 is 0 Å². The van der Waals surface area contributed by atoms with Gasteiger partial charge >= 0.3 is 6.18 Å². The van der Waals surface area contributed by atoms with E-state index in [-0.39, 0.29) is 0 Å². The molecule has 3 aromatic rings. The zero-order valence-electron chi connectivity index (χ0n) is 10.5. The van der Waals surface area contributed by atoms with E-state index >= 15 is 0 Å². The minimum atomic E-state index is -4.37. The number of aldehydes is 1. The van der Waals surface area contributed by atoms with Gasteiger partial charge in [-0.1, -0.05) is 12.1 Å². The highest BCUT2D eigenvalue weighted by molar-refractivity contribution is 5.75. The quantitative estimate of drug-likeness (QED) is 0.681. The number of carbonyl (C=O) groups is 1. The Labute approximate surface area is 116 Å². The molecule has 4 nitrogen and oxygen atoms in total. The Morgan fingerprint density at radius 1 is 1.05 bits per heavy atom. The number of halogens is 3. The monoisotopic (exact) mass is 291 g/mol. The fraction of sp³-hybridized carbons (Fsp3) is 0.0714. The third kappa shape index (κ3) is 2.49. The number of aromatic nitrogens is 3. The van der Waals surface area contributed by atoms with Gasteiger partial charge in [0.25, 0.3) is 0 Å². The summed E-state index contributed by atoms with van der Waals surface area (Å²) in [6.45, 7) is 0. The molecule has 0 atom stereocenters. The predicted molar refractivity (Wildman–Crippen MR) is 68.8 cm³/mol. The smallest absolute Gasteiger partial charge is 0.298 e. The summed E-state index contributed by atoms with van der Waals surface area (Å²) >= 11 is 0. The molecule has 2 heterocycles. The van der Waals surface area contributed by atoms with Gasteiger partial charge in [0.1, 0.15) is 0 Å². The Balaban J connectivity index is 2.02. The second-order valence-corrected chi connectivity index (χ2v) is 4.39. The fourth-order valence-corrected chi connectivity index (χ4v) is 1.90. The average molecular weight is 291 g/mol. The molecule has 0 bridgehead atoms. The topological polar surface area (TPSA) is 47.3 Å². The molecule has 0 aliphatic rings. The van der Waals surface area contributed by atoms with Gasteiger partial charge in [-0.2, -0.15) is 13.2 Å². The number of benzene rings is 1. The van der Waals surface area contributed by atoms with E-state index < -0.39 is 11.7 Å². The molecule has 0 fully saturated rings. The van der Waals surface area contributed by atoms with E-state index in [0.29, 0.717) is 28.9 Å². The van der Waals surface area contributed by atoms with Gasteiger partial charge in [-0.05, 0) is 24.3 Å². The van der Waals surface area contributed by atoms with Gasteiger partial charge in [-0.15, -0.1) is 5.10 Å². The molecule has 0 unspecified atom stereocenters. The van der Waals surface area contributed by atoms with Crippen LogP contribution in [0.2, 0.25) is 0 Å². The number of rotatable bonds is 2. The predicted octanol–water partition coefficient (Wildman–Crippen LogP) is 3.23. The van der Waals surface area contributed by atoms with Gasteiger partial charge in [0.15, 0.2) is 17.8 Å². The van der Waals surface area contributed by atoms with Crippen LogP contribution in [0.4, 0.5) is 13.2 Å². The molecule has 0 radical (unpaired) electrons. The zero-order chi connectivity index (χ0) is 15.0. The van der Waals surface area contributed by atoms with Crippen LogP contribution in [0.5, 0.6) is 0 Å². The minimum Gasteiger partial charge on any atom is -0.298 e. The van der Waals surface area contributed by atoms with Crippen molar-refractivity contribution in [3.8, 4) is 11.4 Å². The Morgan fingerprint density at radius 3 is 2.38 bits per heavy atom. The molecule has 1 aromatic carbocycles. The minimum absolute atomic E-state index is 0.298. The van der Waals surface area contributed by atoms with E-state index in [2.05, 4.69) is 10.1 Å². The van der Waals surface area contributed by atoms with Crippen molar-refractivity contribution in [3.05, 3.63) is 53.7 Å². The van der Waals surface area contributed by atoms with Crippen LogP contribution in [0.1, 0.15) is 15.9 Å². The molecule has 21 heavy (non-hydrogen) atoms. The van der Waals surface area contributed by atoms with E-state index in [1.54, 1.807) is 12.1 Å². The first-order valence-corrected chi connectivity index (χ1v) is 5.96. The normalized spacial score (nSPS) is 11.8. The van der Waals surface area contributed by atoms with Crippen molar-refractivity contribution in [1.82, 2.24) is 14.6 Å². The summed E-state index contributed by atoms with van der Waals surface area (Å²) in [4.78, 5) is 14.9. The molecule has 106 valence electrons. The van der Waals surface area contributed by atoms with Crippen LogP contribution in [0, 0.1) is 0 Å². The van der Waals surface area contributed by atoms with E-state index in [9.17, 15) is 18.0 Å². The number of fused-ring (bicyclic) bond motifs is 1. The van der Waals surface area contributed by atoms with Crippen molar-refractivity contribution >= 4 is 11.9 Å². The number of hydrogen-bond donors (Lipinski definition) is 0. The van der Waals surface area contributed by atoms with Crippen LogP contribution in [0.15, 0.2) is 42.6 Å². The second-order valence-electron chi connectivity index (χ2n) is 4.39. The van der Waals surface area contributed by atoms with Gasteiger partial charge in [0.05, 0.1) is 5.56 Å². The Bertz CT molecular complexity index is 806. The Kier molecular flexibility index (Phi) is 2.97. The maximum atomic E-state index is 12.5. The van der Waals surface area contributed by atoms with E-state index in [1.165, 1.54) is 22.8 Å². The molecule has 0 N–H and O–H groups in total. The van der Waals surface area contributed by atoms with Crippen LogP contribution in [-0.4, -0.2) is 20.9 Å². The van der Waals surface area contributed by atoms with Crippen molar-refractivity contribution in [2.24, 2.45) is 0 Å². The average Bonchev–Trinajstić information content (AvgIpc) is 2.89. The van der Waals surface area contributed by atoms with Crippen LogP contribution in [0.25, 0.3) is 17.0 Å². The summed E-state index contributed by atoms with van der Waals surface area (Å²) in [7, 11) is 0. The maximum Gasteiger partial charge on any atom is 0.416 e. The third-order valence-electron chi connectivity index (χ3n) is 2.96. The SMILES string of the molecule is O=Cc1ccc2nc(-c3ccc(C(F)(F)F)cc3)nn2c1. The molecule has 3 rings (SSSR count). The largest absolute Gasteiger partial charge is 0.416 e. The first-order chi connectivity index (χ1) is 9.97. The van der Waals surface area contributed by atoms with Gasteiger partial charge in [-0.25, -0.2) is 9.50 Å². The molecule has 0 aliphatic heterocycles. The van der Waals surface area contributed by atoms with Crippen molar-refractivity contribution in [3.63, 3.8) is 0 Å². The number of hydrogen-bond acceptors (Lipinski definition) is 3. The van der Waals surface area contributed by atoms with Gasteiger partial charge in [-0.3, -0.25) is 4.79 Å². The molecule has 0 amide bonds. The summed E-state index contributed by atoms with van der Waals surface area (Å²) in [6.07, 6.45) is -2.19. The molecular formula is C14H8F3N3O. The molecule has 0 aliphatic carbocycles. The molecule has 0 spiro atoms. The van der Waals surface area contributed by atoms with Crippen LogP contribution in [-0.2, 0) is 6.18 Å². The lowest BCUT2D eigenvalue weighted by atomic mass is 10.1. The van der Waals surface area contributed by atoms with Crippen LogP contribution in [0.3, 0.4) is 0 Å². The summed E-state index contributed by atoms with van der Waals surface area (Å²) in [5, 5.41) is 4.15. The lowest BCUT2D eigenvalue weighted by Crippen LogP contribution is -2.04. The van der Waals surface area contributed by atoms with E-state index in [4.69, 9.17) is 0 Å².